The maximum atomic E-state index is 11.2. The number of thiazole rings is 1. The number of aromatic nitrogens is 1. The second kappa shape index (κ2) is 6.72. The van der Waals surface area contributed by atoms with Crippen LogP contribution in [0.4, 0.5) is 5.13 Å². The zero-order valence-corrected chi connectivity index (χ0v) is 12.8. The van der Waals surface area contributed by atoms with Crippen LogP contribution in [0.15, 0.2) is 29.6 Å². The number of hydrogen-bond acceptors (Lipinski definition) is 5. The molecule has 4 nitrogen and oxygen atoms in total. The Kier molecular flexibility index (Phi) is 4.98. The fourth-order valence-corrected chi connectivity index (χ4v) is 2.72. The van der Waals surface area contributed by atoms with E-state index in [1.54, 1.807) is 0 Å². The number of anilines is 1. The number of ether oxygens (including phenoxy) is 1. The van der Waals surface area contributed by atoms with E-state index >= 15 is 0 Å². The Morgan fingerprint density at radius 3 is 3.05 bits per heavy atom. The highest BCUT2D eigenvalue weighted by Crippen LogP contribution is 2.24. The van der Waals surface area contributed by atoms with Gasteiger partial charge in [-0.15, -0.1) is 11.3 Å². The van der Waals surface area contributed by atoms with Crippen molar-refractivity contribution in [3.05, 3.63) is 45.9 Å². The minimum absolute atomic E-state index is 0.0887. The summed E-state index contributed by atoms with van der Waals surface area (Å²) < 4.78 is 4.62. The van der Waals surface area contributed by atoms with Crippen molar-refractivity contribution in [3.8, 4) is 0 Å². The molecule has 2 rings (SSSR count). The average molecular weight is 311 g/mol. The molecule has 0 aliphatic carbocycles. The molecule has 0 saturated carbocycles. The van der Waals surface area contributed by atoms with E-state index in [9.17, 15) is 4.79 Å². The molecule has 1 aromatic heterocycles. The third-order valence-electron chi connectivity index (χ3n) is 2.79. The van der Waals surface area contributed by atoms with E-state index in [0.29, 0.717) is 10.7 Å². The van der Waals surface area contributed by atoms with Crippen LogP contribution in [-0.4, -0.2) is 18.1 Å². The van der Waals surface area contributed by atoms with Crippen molar-refractivity contribution in [2.45, 2.75) is 19.4 Å². The molecule has 1 heterocycles. The second-order valence-corrected chi connectivity index (χ2v) is 5.61. The van der Waals surface area contributed by atoms with E-state index in [1.807, 2.05) is 36.6 Å². The molecule has 0 saturated heterocycles. The van der Waals surface area contributed by atoms with Gasteiger partial charge in [0.2, 0.25) is 0 Å². The molecule has 0 amide bonds. The van der Waals surface area contributed by atoms with Gasteiger partial charge in [-0.05, 0) is 24.6 Å². The summed E-state index contributed by atoms with van der Waals surface area (Å²) in [6.07, 6.45) is 0.195. The molecule has 0 aliphatic rings. The zero-order chi connectivity index (χ0) is 14.5. The highest BCUT2D eigenvalue weighted by molar-refractivity contribution is 7.13. The molecule has 0 bridgehead atoms. The summed E-state index contributed by atoms with van der Waals surface area (Å²) in [5.41, 5.74) is 1.80. The highest BCUT2D eigenvalue weighted by atomic mass is 35.5. The first-order chi connectivity index (χ1) is 9.58. The Morgan fingerprint density at radius 1 is 1.55 bits per heavy atom. The molecule has 0 spiro atoms. The highest BCUT2D eigenvalue weighted by Gasteiger charge is 2.11. The van der Waals surface area contributed by atoms with Crippen molar-refractivity contribution < 1.29 is 9.53 Å². The van der Waals surface area contributed by atoms with Crippen LogP contribution in [0.1, 0.15) is 24.2 Å². The van der Waals surface area contributed by atoms with Gasteiger partial charge in [0.1, 0.15) is 0 Å². The number of methoxy groups -OCH3 is 1. The maximum Gasteiger partial charge on any atom is 0.311 e. The van der Waals surface area contributed by atoms with E-state index in [-0.39, 0.29) is 18.4 Å². The fraction of sp³-hybridized carbons (Fsp3) is 0.286. The van der Waals surface area contributed by atoms with Crippen molar-refractivity contribution in [2.24, 2.45) is 0 Å². The third-order valence-corrected chi connectivity index (χ3v) is 3.85. The van der Waals surface area contributed by atoms with E-state index < -0.39 is 0 Å². The number of rotatable bonds is 5. The third kappa shape index (κ3) is 3.95. The van der Waals surface area contributed by atoms with Gasteiger partial charge in [-0.1, -0.05) is 23.7 Å². The summed E-state index contributed by atoms with van der Waals surface area (Å²) >= 11 is 7.44. The zero-order valence-electron chi connectivity index (χ0n) is 11.2. The lowest BCUT2D eigenvalue weighted by Crippen LogP contribution is -2.07. The van der Waals surface area contributed by atoms with E-state index in [2.05, 4.69) is 15.0 Å². The number of halogens is 1. The van der Waals surface area contributed by atoms with Crippen LogP contribution in [0.5, 0.6) is 0 Å². The van der Waals surface area contributed by atoms with Crippen LogP contribution < -0.4 is 5.32 Å². The molecule has 0 fully saturated rings. The number of carbonyl (C=O) groups is 1. The molecule has 2 aromatic rings. The van der Waals surface area contributed by atoms with Gasteiger partial charge in [-0.2, -0.15) is 0 Å². The molecular formula is C14H15ClN2O2S. The molecule has 6 heteroatoms. The van der Waals surface area contributed by atoms with Crippen molar-refractivity contribution in [2.75, 3.05) is 12.4 Å². The van der Waals surface area contributed by atoms with Gasteiger partial charge >= 0.3 is 5.97 Å². The monoisotopic (exact) mass is 310 g/mol. The molecule has 0 radical (unpaired) electrons. The van der Waals surface area contributed by atoms with Crippen molar-refractivity contribution in [3.63, 3.8) is 0 Å². The Labute approximate surface area is 126 Å². The van der Waals surface area contributed by atoms with Gasteiger partial charge in [-0.25, -0.2) is 4.98 Å². The number of carbonyl (C=O) groups excluding carboxylic acids is 1. The number of nitrogens with one attached hydrogen (secondary N) is 1. The standard InChI is InChI=1S/C14H15ClN2O2S/c1-9(10-4-3-5-11(15)6-10)16-14-17-12(8-20-14)7-13(18)19-2/h3-6,8-9H,7H2,1-2H3,(H,16,17). The summed E-state index contributed by atoms with van der Waals surface area (Å²) in [5.74, 6) is -0.287. The molecule has 1 atom stereocenters. The predicted octanol–water partition coefficient (Wildman–Crippen LogP) is 3.69. The summed E-state index contributed by atoms with van der Waals surface area (Å²) in [6, 6.07) is 7.77. The smallest absolute Gasteiger partial charge is 0.311 e. The molecule has 106 valence electrons. The Balaban J connectivity index is 2.01. The van der Waals surface area contributed by atoms with Crippen LogP contribution in [0, 0.1) is 0 Å². The molecule has 1 N–H and O–H groups in total. The van der Waals surface area contributed by atoms with Gasteiger partial charge in [0.25, 0.3) is 0 Å². The normalized spacial score (nSPS) is 11.9. The van der Waals surface area contributed by atoms with Crippen molar-refractivity contribution in [1.82, 2.24) is 4.98 Å². The minimum Gasteiger partial charge on any atom is -0.469 e. The van der Waals surface area contributed by atoms with Crippen LogP contribution in [0.25, 0.3) is 0 Å². The molecule has 0 aliphatic heterocycles. The van der Waals surface area contributed by atoms with E-state index in [0.717, 1.165) is 10.7 Å². The first-order valence-electron chi connectivity index (χ1n) is 6.11. The number of esters is 1. The van der Waals surface area contributed by atoms with Gasteiger partial charge < -0.3 is 10.1 Å². The van der Waals surface area contributed by atoms with Gasteiger partial charge in [0, 0.05) is 10.4 Å². The molecule has 1 aromatic carbocycles. The largest absolute Gasteiger partial charge is 0.469 e. The van der Waals surface area contributed by atoms with Crippen LogP contribution >= 0.6 is 22.9 Å². The Bertz CT molecular complexity index is 600. The fourth-order valence-electron chi connectivity index (χ4n) is 1.72. The predicted molar refractivity (Wildman–Crippen MR) is 81.3 cm³/mol. The Hall–Kier alpha value is -1.59. The van der Waals surface area contributed by atoms with Crippen molar-refractivity contribution in [1.29, 1.82) is 0 Å². The quantitative estimate of drug-likeness (QED) is 0.856. The number of benzene rings is 1. The van der Waals surface area contributed by atoms with Crippen LogP contribution in [0.2, 0.25) is 5.02 Å². The van der Waals surface area contributed by atoms with Gasteiger partial charge in [0.15, 0.2) is 5.13 Å². The summed E-state index contributed by atoms with van der Waals surface area (Å²) in [7, 11) is 1.37. The lowest BCUT2D eigenvalue weighted by Gasteiger charge is -2.13. The van der Waals surface area contributed by atoms with Gasteiger partial charge in [0.05, 0.1) is 25.3 Å². The first kappa shape index (κ1) is 14.8. The summed E-state index contributed by atoms with van der Waals surface area (Å²) in [6.45, 7) is 2.03. The van der Waals surface area contributed by atoms with Gasteiger partial charge in [-0.3, -0.25) is 4.79 Å². The molecular weight excluding hydrogens is 296 g/mol. The lowest BCUT2D eigenvalue weighted by atomic mass is 10.1. The minimum atomic E-state index is -0.287. The summed E-state index contributed by atoms with van der Waals surface area (Å²) in [5, 5.41) is 6.63. The maximum absolute atomic E-state index is 11.2. The first-order valence-corrected chi connectivity index (χ1v) is 7.37. The lowest BCUT2D eigenvalue weighted by molar-refractivity contribution is -0.139. The summed E-state index contributed by atoms with van der Waals surface area (Å²) in [4.78, 5) is 15.5. The SMILES string of the molecule is COC(=O)Cc1csc(NC(C)c2cccc(Cl)c2)n1. The van der Waals surface area contributed by atoms with Crippen LogP contribution in [0.3, 0.4) is 0 Å². The second-order valence-electron chi connectivity index (χ2n) is 4.32. The average Bonchev–Trinajstić information content (AvgIpc) is 2.85. The van der Waals surface area contributed by atoms with E-state index in [4.69, 9.17) is 11.6 Å². The van der Waals surface area contributed by atoms with Crippen molar-refractivity contribution >= 4 is 34.0 Å². The number of nitrogens with zero attached hydrogens (tertiary/aromatic N) is 1. The molecule has 1 unspecified atom stereocenters. The molecule has 20 heavy (non-hydrogen) atoms. The number of hydrogen-bond donors (Lipinski definition) is 1. The van der Waals surface area contributed by atoms with E-state index in [1.165, 1.54) is 18.4 Å². The Morgan fingerprint density at radius 2 is 2.35 bits per heavy atom. The topological polar surface area (TPSA) is 51.2 Å². The van der Waals surface area contributed by atoms with Crippen LogP contribution in [-0.2, 0) is 16.0 Å².